The molecule has 2 N–H and O–H groups in total. The van der Waals surface area contributed by atoms with Gasteiger partial charge < -0.3 is 33.6 Å². The first-order chi connectivity index (χ1) is 15.5. The van der Waals surface area contributed by atoms with Crippen LogP contribution < -0.4 is 24.4 Å². The molecule has 0 aliphatic heterocycles. The van der Waals surface area contributed by atoms with Crippen molar-refractivity contribution in [2.24, 2.45) is 0 Å². The van der Waals surface area contributed by atoms with E-state index in [4.69, 9.17) is 28.5 Å². The third-order valence-electron chi connectivity index (χ3n) is 5.05. The van der Waals surface area contributed by atoms with Gasteiger partial charge in [0.15, 0.2) is 16.9 Å². The molecule has 0 spiro atoms. The van der Waals surface area contributed by atoms with Gasteiger partial charge in [0.25, 0.3) is 0 Å². The van der Waals surface area contributed by atoms with Crippen LogP contribution in [0.4, 0.5) is 0 Å². The van der Waals surface area contributed by atoms with Crippen LogP contribution in [0.15, 0.2) is 39.5 Å². The highest BCUT2D eigenvalue weighted by molar-refractivity contribution is 5.87. The SMILES string of the molecule is CCCc1c(-c2cc(=O)c3c(OC)cc(OCC(O)CO)cc3o2)ccc(OC)c1OC. The van der Waals surface area contributed by atoms with E-state index < -0.39 is 12.7 Å². The second kappa shape index (κ2) is 10.4. The first-order valence-corrected chi connectivity index (χ1v) is 10.3. The zero-order valence-electron chi connectivity index (χ0n) is 18.6. The Hall–Kier alpha value is -3.23. The van der Waals surface area contributed by atoms with E-state index in [9.17, 15) is 9.90 Å². The van der Waals surface area contributed by atoms with Crippen molar-refractivity contribution < 1.29 is 33.6 Å². The third kappa shape index (κ3) is 4.66. The largest absolute Gasteiger partial charge is 0.496 e. The summed E-state index contributed by atoms with van der Waals surface area (Å²) >= 11 is 0. The van der Waals surface area contributed by atoms with Crippen molar-refractivity contribution in [3.63, 3.8) is 0 Å². The molecule has 32 heavy (non-hydrogen) atoms. The Morgan fingerprint density at radius 2 is 1.78 bits per heavy atom. The van der Waals surface area contributed by atoms with E-state index in [2.05, 4.69) is 6.92 Å². The molecule has 0 saturated heterocycles. The molecule has 1 aromatic heterocycles. The fourth-order valence-electron chi connectivity index (χ4n) is 3.57. The van der Waals surface area contributed by atoms with Gasteiger partial charge in [0.2, 0.25) is 0 Å². The Balaban J connectivity index is 2.19. The van der Waals surface area contributed by atoms with Gasteiger partial charge in [-0.15, -0.1) is 0 Å². The van der Waals surface area contributed by atoms with Gasteiger partial charge in [0, 0.05) is 29.3 Å². The lowest BCUT2D eigenvalue weighted by atomic mass is 9.98. The molecule has 1 heterocycles. The topological polar surface area (TPSA) is 108 Å². The maximum absolute atomic E-state index is 13.0. The molecule has 3 rings (SSSR count). The second-order valence-corrected chi connectivity index (χ2v) is 7.20. The number of hydrogen-bond donors (Lipinski definition) is 2. The molecule has 0 radical (unpaired) electrons. The fourth-order valence-corrected chi connectivity index (χ4v) is 3.57. The Labute approximate surface area is 185 Å². The van der Waals surface area contributed by atoms with Crippen LogP contribution in [0.3, 0.4) is 0 Å². The van der Waals surface area contributed by atoms with E-state index >= 15 is 0 Å². The summed E-state index contributed by atoms with van der Waals surface area (Å²) in [6, 6.07) is 8.15. The van der Waals surface area contributed by atoms with Crippen LogP contribution in [0.2, 0.25) is 0 Å². The Morgan fingerprint density at radius 1 is 1.03 bits per heavy atom. The normalized spacial score (nSPS) is 11.9. The zero-order valence-corrected chi connectivity index (χ0v) is 18.6. The van der Waals surface area contributed by atoms with Gasteiger partial charge in [0.05, 0.1) is 27.9 Å². The number of methoxy groups -OCH3 is 3. The first kappa shape index (κ1) is 23.4. The van der Waals surface area contributed by atoms with Crippen molar-refractivity contribution in [3.05, 3.63) is 46.1 Å². The first-order valence-electron chi connectivity index (χ1n) is 10.3. The fraction of sp³-hybridized carbons (Fsp3) is 0.375. The predicted molar refractivity (Wildman–Crippen MR) is 120 cm³/mol. The van der Waals surface area contributed by atoms with Crippen LogP contribution >= 0.6 is 0 Å². The van der Waals surface area contributed by atoms with Gasteiger partial charge in [-0.3, -0.25) is 4.79 Å². The molecule has 0 bridgehead atoms. The van der Waals surface area contributed by atoms with Crippen molar-refractivity contribution in [1.82, 2.24) is 0 Å². The molecule has 1 unspecified atom stereocenters. The number of ether oxygens (including phenoxy) is 4. The van der Waals surface area contributed by atoms with Crippen LogP contribution in [-0.2, 0) is 6.42 Å². The number of aliphatic hydroxyl groups excluding tert-OH is 2. The summed E-state index contributed by atoms with van der Waals surface area (Å²) < 4.78 is 28.1. The standard InChI is InChI=1S/C24H28O8/c1-5-6-17-16(7-8-19(28-2)24(17)30-4)20-11-18(27)23-21(29-3)9-15(10-22(23)32-20)31-13-14(26)12-25/h7-11,14,25-26H,5-6,12-13H2,1-4H3. The van der Waals surface area contributed by atoms with Gasteiger partial charge in [-0.2, -0.15) is 0 Å². The van der Waals surface area contributed by atoms with E-state index in [1.165, 1.54) is 13.2 Å². The molecule has 0 saturated carbocycles. The summed E-state index contributed by atoms with van der Waals surface area (Å²) in [5.41, 5.74) is 1.61. The lowest BCUT2D eigenvalue weighted by Gasteiger charge is -2.17. The molecular weight excluding hydrogens is 416 g/mol. The summed E-state index contributed by atoms with van der Waals surface area (Å²) in [4.78, 5) is 13.0. The molecule has 2 aromatic carbocycles. The quantitative estimate of drug-likeness (QED) is 0.491. The summed E-state index contributed by atoms with van der Waals surface area (Å²) in [5.74, 6) is 2.20. The number of aliphatic hydroxyl groups is 2. The molecule has 172 valence electrons. The summed E-state index contributed by atoms with van der Waals surface area (Å²) in [5, 5.41) is 18.8. The Bertz CT molecular complexity index is 1140. The number of hydrogen-bond acceptors (Lipinski definition) is 8. The molecule has 0 fully saturated rings. The minimum atomic E-state index is -1.03. The Morgan fingerprint density at radius 3 is 2.41 bits per heavy atom. The smallest absolute Gasteiger partial charge is 0.197 e. The van der Waals surface area contributed by atoms with Crippen molar-refractivity contribution >= 4 is 11.0 Å². The summed E-state index contributed by atoms with van der Waals surface area (Å²) in [7, 11) is 4.60. The highest BCUT2D eigenvalue weighted by Crippen LogP contribution is 2.40. The van der Waals surface area contributed by atoms with Crippen LogP contribution in [0.25, 0.3) is 22.3 Å². The van der Waals surface area contributed by atoms with Crippen molar-refractivity contribution in [2.45, 2.75) is 25.9 Å². The van der Waals surface area contributed by atoms with E-state index in [1.54, 1.807) is 32.4 Å². The lowest BCUT2D eigenvalue weighted by Crippen LogP contribution is -2.21. The minimum absolute atomic E-state index is 0.120. The summed E-state index contributed by atoms with van der Waals surface area (Å²) in [6.07, 6.45) is 0.523. The van der Waals surface area contributed by atoms with E-state index in [-0.39, 0.29) is 28.8 Å². The molecule has 0 aliphatic carbocycles. The van der Waals surface area contributed by atoms with Crippen LogP contribution in [0, 0.1) is 0 Å². The van der Waals surface area contributed by atoms with Crippen molar-refractivity contribution in [2.75, 3.05) is 34.5 Å². The monoisotopic (exact) mass is 444 g/mol. The maximum atomic E-state index is 13.0. The van der Waals surface area contributed by atoms with Gasteiger partial charge in [0.1, 0.15) is 40.9 Å². The van der Waals surface area contributed by atoms with Gasteiger partial charge in [-0.05, 0) is 18.6 Å². The number of rotatable bonds is 10. The van der Waals surface area contributed by atoms with E-state index in [1.807, 2.05) is 6.07 Å². The molecule has 0 amide bonds. The molecule has 3 aromatic rings. The zero-order chi connectivity index (χ0) is 23.3. The van der Waals surface area contributed by atoms with Crippen LogP contribution in [0.5, 0.6) is 23.0 Å². The lowest BCUT2D eigenvalue weighted by molar-refractivity contribution is 0.0535. The third-order valence-corrected chi connectivity index (χ3v) is 5.05. The minimum Gasteiger partial charge on any atom is -0.496 e. The summed E-state index contributed by atoms with van der Waals surface area (Å²) in [6.45, 7) is 1.50. The van der Waals surface area contributed by atoms with Crippen LogP contribution in [-0.4, -0.2) is 50.9 Å². The van der Waals surface area contributed by atoms with Gasteiger partial charge in [-0.1, -0.05) is 13.3 Å². The predicted octanol–water partition coefficient (Wildman–Crippen LogP) is 3.17. The average molecular weight is 444 g/mol. The average Bonchev–Trinajstić information content (AvgIpc) is 2.81. The second-order valence-electron chi connectivity index (χ2n) is 7.20. The van der Waals surface area contributed by atoms with Gasteiger partial charge >= 0.3 is 0 Å². The maximum Gasteiger partial charge on any atom is 0.197 e. The van der Waals surface area contributed by atoms with Crippen LogP contribution in [0.1, 0.15) is 18.9 Å². The van der Waals surface area contributed by atoms with Gasteiger partial charge in [-0.25, -0.2) is 0 Å². The number of benzene rings is 2. The molecule has 8 nitrogen and oxygen atoms in total. The molecule has 8 heteroatoms. The molecular formula is C24H28O8. The van der Waals surface area contributed by atoms with E-state index in [0.717, 1.165) is 17.5 Å². The highest BCUT2D eigenvalue weighted by atomic mass is 16.5. The Kier molecular flexibility index (Phi) is 7.61. The van der Waals surface area contributed by atoms with E-state index in [0.29, 0.717) is 29.4 Å². The van der Waals surface area contributed by atoms with Crippen molar-refractivity contribution in [1.29, 1.82) is 0 Å². The highest BCUT2D eigenvalue weighted by Gasteiger charge is 2.20. The number of fused-ring (bicyclic) bond motifs is 1. The van der Waals surface area contributed by atoms with Crippen molar-refractivity contribution in [3.8, 4) is 34.3 Å². The molecule has 1 atom stereocenters. The molecule has 0 aliphatic rings.